The summed E-state index contributed by atoms with van der Waals surface area (Å²) >= 11 is 0. The molecular weight excluding hydrogens is 112 g/mol. The number of hydrogen-bond donors (Lipinski definition) is 1. The van der Waals surface area contributed by atoms with E-state index in [1.54, 1.807) is 13.3 Å². The fourth-order valence-corrected chi connectivity index (χ4v) is 0.482. The topological polar surface area (TPSA) is 38.4 Å². The zero-order chi connectivity index (χ0) is 7.28. The molecule has 9 heavy (non-hydrogen) atoms. The molecule has 0 aliphatic rings. The van der Waals surface area contributed by atoms with E-state index in [1.807, 2.05) is 13.0 Å². The number of nitrogens with two attached hydrogens (primary N) is 1. The van der Waals surface area contributed by atoms with Crippen molar-refractivity contribution in [1.82, 2.24) is 0 Å². The predicted molar refractivity (Wildman–Crippen MR) is 41.5 cm³/mol. The van der Waals surface area contributed by atoms with Gasteiger partial charge < -0.3 is 5.73 Å². The van der Waals surface area contributed by atoms with E-state index in [4.69, 9.17) is 5.73 Å². The first-order valence-electron chi connectivity index (χ1n) is 2.75. The van der Waals surface area contributed by atoms with Crippen molar-refractivity contribution in [2.45, 2.75) is 6.92 Å². The lowest BCUT2D eigenvalue weighted by Gasteiger charge is -1.95. The van der Waals surface area contributed by atoms with Crippen LogP contribution in [0.25, 0.3) is 0 Å². The van der Waals surface area contributed by atoms with E-state index in [1.165, 1.54) is 0 Å². The molecule has 0 aromatic rings. The molecule has 0 heterocycles. The molecule has 0 atom stereocenters. The van der Waals surface area contributed by atoms with Gasteiger partial charge in [0, 0.05) is 24.5 Å². The summed E-state index contributed by atoms with van der Waals surface area (Å²) in [7, 11) is 1.70. The first kappa shape index (κ1) is 7.95. The summed E-state index contributed by atoms with van der Waals surface area (Å²) in [5.74, 6) is 0. The van der Waals surface area contributed by atoms with Crippen LogP contribution in [0.2, 0.25) is 0 Å². The molecule has 0 aliphatic heterocycles. The summed E-state index contributed by atoms with van der Waals surface area (Å²) in [6.45, 7) is 5.46. The van der Waals surface area contributed by atoms with Crippen molar-refractivity contribution in [1.29, 1.82) is 0 Å². The Labute approximate surface area is 55.8 Å². The fourth-order valence-electron chi connectivity index (χ4n) is 0.482. The van der Waals surface area contributed by atoms with Crippen LogP contribution in [0, 0.1) is 0 Å². The Morgan fingerprint density at radius 3 is 2.33 bits per heavy atom. The molecule has 0 saturated heterocycles. The molecule has 0 fully saturated rings. The van der Waals surface area contributed by atoms with Gasteiger partial charge in [0.25, 0.3) is 0 Å². The van der Waals surface area contributed by atoms with Gasteiger partial charge >= 0.3 is 0 Å². The lowest BCUT2D eigenvalue weighted by atomic mass is 10.2. The van der Waals surface area contributed by atoms with Crippen LogP contribution in [-0.2, 0) is 0 Å². The minimum atomic E-state index is 0.558. The molecule has 0 aromatic carbocycles. The van der Waals surface area contributed by atoms with Crippen molar-refractivity contribution < 1.29 is 0 Å². The third-order valence-electron chi connectivity index (χ3n) is 0.950. The van der Waals surface area contributed by atoms with Gasteiger partial charge in [0.05, 0.1) is 0 Å². The van der Waals surface area contributed by atoms with Crippen LogP contribution in [0.15, 0.2) is 28.9 Å². The quantitative estimate of drug-likeness (QED) is 0.434. The standard InChI is InChI=1S/C7H12N2/c1-4-7(5-9-3)6(2)8/h4-5H,2,8H2,1,3H3/b7-4+,9-5?. The second-order valence-electron chi connectivity index (χ2n) is 1.66. The molecule has 0 radical (unpaired) electrons. The van der Waals surface area contributed by atoms with Gasteiger partial charge in [0.1, 0.15) is 0 Å². The Kier molecular flexibility index (Phi) is 3.44. The molecule has 0 aliphatic carbocycles. The van der Waals surface area contributed by atoms with E-state index in [-0.39, 0.29) is 0 Å². The van der Waals surface area contributed by atoms with Crippen LogP contribution in [0.3, 0.4) is 0 Å². The van der Waals surface area contributed by atoms with E-state index in [2.05, 4.69) is 11.6 Å². The van der Waals surface area contributed by atoms with Gasteiger partial charge in [-0.15, -0.1) is 0 Å². The molecule has 2 heteroatoms. The Morgan fingerprint density at radius 1 is 1.67 bits per heavy atom. The highest BCUT2D eigenvalue weighted by molar-refractivity contribution is 5.83. The monoisotopic (exact) mass is 124 g/mol. The Hall–Kier alpha value is -1.05. The van der Waals surface area contributed by atoms with Crippen LogP contribution >= 0.6 is 0 Å². The molecule has 0 saturated carbocycles. The Bertz CT molecular complexity index is 154. The summed E-state index contributed by atoms with van der Waals surface area (Å²) in [6.07, 6.45) is 3.55. The minimum absolute atomic E-state index is 0.558. The first-order valence-corrected chi connectivity index (χ1v) is 2.75. The Balaban J connectivity index is 4.19. The normalized spacial score (nSPS) is 12.4. The number of aliphatic imine (C=N–C) groups is 1. The van der Waals surface area contributed by atoms with Crippen molar-refractivity contribution >= 4 is 6.21 Å². The molecule has 0 amide bonds. The molecule has 0 rings (SSSR count). The third kappa shape index (κ3) is 2.69. The van der Waals surface area contributed by atoms with Crippen LogP contribution < -0.4 is 5.73 Å². The highest BCUT2D eigenvalue weighted by Gasteiger charge is 1.88. The predicted octanol–water partition coefficient (Wildman–Crippen LogP) is 1.11. The highest BCUT2D eigenvalue weighted by atomic mass is 14.7. The largest absolute Gasteiger partial charge is 0.399 e. The van der Waals surface area contributed by atoms with Gasteiger partial charge in [-0.1, -0.05) is 12.7 Å². The molecule has 0 unspecified atom stereocenters. The van der Waals surface area contributed by atoms with E-state index in [0.29, 0.717) is 5.70 Å². The fraction of sp³-hybridized carbons (Fsp3) is 0.286. The summed E-state index contributed by atoms with van der Waals surface area (Å²) in [4.78, 5) is 3.79. The molecule has 2 N–H and O–H groups in total. The van der Waals surface area contributed by atoms with Gasteiger partial charge in [-0.05, 0) is 6.92 Å². The molecule has 0 aromatic heterocycles. The summed E-state index contributed by atoms with van der Waals surface area (Å²) in [6, 6.07) is 0. The van der Waals surface area contributed by atoms with Crippen LogP contribution in [0.4, 0.5) is 0 Å². The van der Waals surface area contributed by atoms with Crippen molar-refractivity contribution in [2.75, 3.05) is 7.05 Å². The number of rotatable bonds is 2. The van der Waals surface area contributed by atoms with Crippen molar-refractivity contribution in [2.24, 2.45) is 10.7 Å². The summed E-state index contributed by atoms with van der Waals surface area (Å²) in [5, 5.41) is 0. The van der Waals surface area contributed by atoms with E-state index in [9.17, 15) is 0 Å². The highest BCUT2D eigenvalue weighted by Crippen LogP contribution is 1.95. The maximum atomic E-state index is 5.38. The van der Waals surface area contributed by atoms with Crippen LogP contribution in [0.5, 0.6) is 0 Å². The maximum Gasteiger partial charge on any atom is 0.0326 e. The zero-order valence-electron chi connectivity index (χ0n) is 5.89. The number of allylic oxidation sites excluding steroid dienone is 2. The summed E-state index contributed by atoms with van der Waals surface area (Å²) in [5.41, 5.74) is 6.82. The van der Waals surface area contributed by atoms with Crippen molar-refractivity contribution in [3.63, 3.8) is 0 Å². The van der Waals surface area contributed by atoms with E-state index < -0.39 is 0 Å². The van der Waals surface area contributed by atoms with Gasteiger partial charge in [0.2, 0.25) is 0 Å². The average molecular weight is 124 g/mol. The number of nitrogens with zero attached hydrogens (tertiary/aromatic N) is 1. The van der Waals surface area contributed by atoms with Crippen LogP contribution in [-0.4, -0.2) is 13.3 Å². The molecule has 2 nitrogen and oxygen atoms in total. The minimum Gasteiger partial charge on any atom is -0.399 e. The third-order valence-corrected chi connectivity index (χ3v) is 0.950. The zero-order valence-corrected chi connectivity index (χ0v) is 5.89. The van der Waals surface area contributed by atoms with Gasteiger partial charge in [-0.2, -0.15) is 0 Å². The molecule has 50 valence electrons. The SMILES string of the molecule is C=C(N)/C(C=NC)=C/C. The summed E-state index contributed by atoms with van der Waals surface area (Å²) < 4.78 is 0. The molecule has 0 spiro atoms. The van der Waals surface area contributed by atoms with Gasteiger partial charge in [-0.3, -0.25) is 4.99 Å². The second kappa shape index (κ2) is 3.89. The van der Waals surface area contributed by atoms with E-state index in [0.717, 1.165) is 5.57 Å². The van der Waals surface area contributed by atoms with Crippen molar-refractivity contribution in [3.05, 3.63) is 23.9 Å². The smallest absolute Gasteiger partial charge is 0.0326 e. The van der Waals surface area contributed by atoms with Crippen LogP contribution in [0.1, 0.15) is 6.92 Å². The molecular formula is C7H12N2. The second-order valence-corrected chi connectivity index (χ2v) is 1.66. The van der Waals surface area contributed by atoms with Gasteiger partial charge in [-0.25, -0.2) is 0 Å². The molecule has 0 bridgehead atoms. The average Bonchev–Trinajstić information content (AvgIpc) is 1.82. The van der Waals surface area contributed by atoms with E-state index >= 15 is 0 Å². The number of hydrogen-bond acceptors (Lipinski definition) is 2. The maximum absolute atomic E-state index is 5.38. The van der Waals surface area contributed by atoms with Gasteiger partial charge in [0.15, 0.2) is 0 Å². The van der Waals surface area contributed by atoms with Crippen molar-refractivity contribution in [3.8, 4) is 0 Å². The lowest BCUT2D eigenvalue weighted by Crippen LogP contribution is -1.99. The Morgan fingerprint density at radius 2 is 2.22 bits per heavy atom. The first-order chi connectivity index (χ1) is 4.22. The lowest BCUT2D eigenvalue weighted by molar-refractivity contribution is 1.37.